The molecular formula is C10H17NO3. The number of amides is 1. The van der Waals surface area contributed by atoms with E-state index in [9.17, 15) is 9.59 Å². The van der Waals surface area contributed by atoms with E-state index in [0.717, 1.165) is 19.3 Å². The number of hydrogen-bond acceptors (Lipinski definition) is 3. The fourth-order valence-corrected chi connectivity index (χ4v) is 0.804. The number of ether oxygens (including phenoxy) is 1. The minimum atomic E-state index is -0.353. The Morgan fingerprint density at radius 2 is 2.14 bits per heavy atom. The topological polar surface area (TPSA) is 46.6 Å². The highest BCUT2D eigenvalue weighted by molar-refractivity contribution is 5.86. The molecule has 0 bridgehead atoms. The summed E-state index contributed by atoms with van der Waals surface area (Å²) < 4.78 is 4.87. The van der Waals surface area contributed by atoms with Crippen molar-refractivity contribution in [2.75, 3.05) is 20.2 Å². The number of carbonyl (C=O) groups excluding carboxylic acids is 2. The average Bonchev–Trinajstić information content (AvgIpc) is 2.16. The van der Waals surface area contributed by atoms with Gasteiger partial charge in [-0.1, -0.05) is 6.58 Å². The molecule has 0 heterocycles. The third-order valence-electron chi connectivity index (χ3n) is 1.67. The van der Waals surface area contributed by atoms with Crippen molar-refractivity contribution >= 4 is 12.4 Å². The van der Waals surface area contributed by atoms with Crippen molar-refractivity contribution in [2.45, 2.75) is 19.8 Å². The lowest BCUT2D eigenvalue weighted by Crippen LogP contribution is -2.17. The van der Waals surface area contributed by atoms with E-state index in [0.29, 0.717) is 18.7 Å². The van der Waals surface area contributed by atoms with E-state index in [2.05, 4.69) is 6.58 Å². The summed E-state index contributed by atoms with van der Waals surface area (Å²) >= 11 is 0. The normalized spacial score (nSPS) is 9.29. The van der Waals surface area contributed by atoms with Gasteiger partial charge in [0.05, 0.1) is 6.61 Å². The first-order valence-corrected chi connectivity index (χ1v) is 4.56. The van der Waals surface area contributed by atoms with Gasteiger partial charge in [-0.15, -0.1) is 0 Å². The lowest BCUT2D eigenvalue weighted by Gasteiger charge is -2.09. The summed E-state index contributed by atoms with van der Waals surface area (Å²) in [5.41, 5.74) is 0.412. The molecule has 0 saturated heterocycles. The minimum Gasteiger partial charge on any atom is -0.462 e. The Bertz CT molecular complexity index is 213. The highest BCUT2D eigenvalue weighted by atomic mass is 16.5. The first-order valence-electron chi connectivity index (χ1n) is 4.56. The van der Waals surface area contributed by atoms with Crippen LogP contribution < -0.4 is 0 Å². The maximum atomic E-state index is 10.9. The third-order valence-corrected chi connectivity index (χ3v) is 1.67. The quantitative estimate of drug-likeness (QED) is 0.266. The first kappa shape index (κ1) is 12.7. The molecule has 0 aliphatic carbocycles. The van der Waals surface area contributed by atoms with Crippen LogP contribution in [0.2, 0.25) is 0 Å². The molecule has 0 aromatic rings. The van der Waals surface area contributed by atoms with E-state index in [1.165, 1.54) is 0 Å². The molecule has 0 N–H and O–H groups in total. The summed E-state index contributed by atoms with van der Waals surface area (Å²) in [5.74, 6) is -0.353. The van der Waals surface area contributed by atoms with Crippen LogP contribution in [0, 0.1) is 0 Å². The van der Waals surface area contributed by atoms with Gasteiger partial charge in [-0.25, -0.2) is 4.79 Å². The molecule has 80 valence electrons. The Morgan fingerprint density at radius 3 is 2.64 bits per heavy atom. The molecule has 14 heavy (non-hydrogen) atoms. The second-order valence-corrected chi connectivity index (χ2v) is 3.21. The van der Waals surface area contributed by atoms with Crippen LogP contribution in [0.5, 0.6) is 0 Å². The monoisotopic (exact) mass is 199 g/mol. The van der Waals surface area contributed by atoms with E-state index < -0.39 is 0 Å². The Kier molecular flexibility index (Phi) is 6.45. The van der Waals surface area contributed by atoms with Crippen molar-refractivity contribution in [3.63, 3.8) is 0 Å². The number of hydrogen-bond donors (Lipinski definition) is 0. The lowest BCUT2D eigenvalue weighted by molar-refractivity contribution is -0.139. The van der Waals surface area contributed by atoms with E-state index in [-0.39, 0.29) is 5.97 Å². The van der Waals surface area contributed by atoms with Crippen LogP contribution in [-0.2, 0) is 14.3 Å². The zero-order valence-electron chi connectivity index (χ0n) is 8.78. The van der Waals surface area contributed by atoms with Gasteiger partial charge in [0.25, 0.3) is 0 Å². The molecule has 0 atom stereocenters. The molecule has 0 rings (SSSR count). The van der Waals surface area contributed by atoms with Crippen molar-refractivity contribution in [2.24, 2.45) is 0 Å². The van der Waals surface area contributed by atoms with E-state index in [4.69, 9.17) is 4.74 Å². The molecule has 1 amide bonds. The summed E-state index contributed by atoms with van der Waals surface area (Å²) in [7, 11) is 1.72. The standard InChI is InChI=1S/C10H17NO3/c1-9(2)10(13)14-7-5-4-6-11(3)8-12/h8H,1,4-7H2,2-3H3. The molecule has 0 radical (unpaired) electrons. The van der Waals surface area contributed by atoms with Crippen molar-refractivity contribution in [3.05, 3.63) is 12.2 Å². The molecule has 0 saturated carbocycles. The lowest BCUT2D eigenvalue weighted by atomic mass is 10.3. The molecule has 0 fully saturated rings. The van der Waals surface area contributed by atoms with Gasteiger partial charge in [0.15, 0.2) is 0 Å². The molecule has 0 aliphatic heterocycles. The molecular weight excluding hydrogens is 182 g/mol. The predicted octanol–water partition coefficient (Wildman–Crippen LogP) is 0.974. The summed E-state index contributed by atoms with van der Waals surface area (Å²) in [5, 5.41) is 0. The number of rotatable bonds is 7. The number of carbonyl (C=O) groups is 2. The zero-order chi connectivity index (χ0) is 11.0. The van der Waals surface area contributed by atoms with Crippen LogP contribution in [-0.4, -0.2) is 37.5 Å². The summed E-state index contributed by atoms with van der Waals surface area (Å²) in [4.78, 5) is 22.7. The fourth-order valence-electron chi connectivity index (χ4n) is 0.804. The van der Waals surface area contributed by atoms with Crippen LogP contribution in [0.15, 0.2) is 12.2 Å². The van der Waals surface area contributed by atoms with Crippen LogP contribution in [0.1, 0.15) is 19.8 Å². The van der Waals surface area contributed by atoms with Gasteiger partial charge >= 0.3 is 5.97 Å². The largest absolute Gasteiger partial charge is 0.462 e. The molecule has 0 aromatic heterocycles. The van der Waals surface area contributed by atoms with Crippen molar-refractivity contribution in [1.82, 2.24) is 4.90 Å². The Morgan fingerprint density at radius 1 is 1.50 bits per heavy atom. The predicted molar refractivity (Wildman–Crippen MR) is 53.7 cm³/mol. The average molecular weight is 199 g/mol. The van der Waals surface area contributed by atoms with Gasteiger partial charge in [-0.05, 0) is 19.8 Å². The highest BCUT2D eigenvalue weighted by Gasteiger charge is 2.01. The second-order valence-electron chi connectivity index (χ2n) is 3.21. The SMILES string of the molecule is C=C(C)C(=O)OCCCCN(C)C=O. The molecule has 0 aromatic carbocycles. The fraction of sp³-hybridized carbons (Fsp3) is 0.600. The number of nitrogens with zero attached hydrogens (tertiary/aromatic N) is 1. The van der Waals surface area contributed by atoms with E-state index in [1.54, 1.807) is 18.9 Å². The minimum absolute atomic E-state index is 0.353. The van der Waals surface area contributed by atoms with Crippen molar-refractivity contribution < 1.29 is 14.3 Å². The molecule has 0 aliphatic rings. The number of esters is 1. The van der Waals surface area contributed by atoms with Crippen LogP contribution >= 0.6 is 0 Å². The first-order chi connectivity index (χ1) is 6.57. The highest BCUT2D eigenvalue weighted by Crippen LogP contribution is 1.96. The van der Waals surface area contributed by atoms with E-state index in [1.807, 2.05) is 0 Å². The summed E-state index contributed by atoms with van der Waals surface area (Å²) in [6.45, 7) is 6.16. The molecule has 0 spiro atoms. The molecule has 0 unspecified atom stereocenters. The van der Waals surface area contributed by atoms with Gasteiger partial charge in [0.1, 0.15) is 0 Å². The summed E-state index contributed by atoms with van der Waals surface area (Å²) in [6, 6.07) is 0. The van der Waals surface area contributed by atoms with Crippen molar-refractivity contribution in [1.29, 1.82) is 0 Å². The molecule has 4 heteroatoms. The Balaban J connectivity index is 3.34. The van der Waals surface area contributed by atoms with Gasteiger partial charge in [0.2, 0.25) is 6.41 Å². The van der Waals surface area contributed by atoms with Gasteiger partial charge in [0, 0.05) is 19.2 Å². The van der Waals surface area contributed by atoms with Crippen LogP contribution in [0.3, 0.4) is 0 Å². The summed E-state index contributed by atoms with van der Waals surface area (Å²) in [6.07, 6.45) is 2.37. The van der Waals surface area contributed by atoms with Gasteiger partial charge in [-0.2, -0.15) is 0 Å². The third kappa shape index (κ3) is 6.22. The van der Waals surface area contributed by atoms with E-state index >= 15 is 0 Å². The van der Waals surface area contributed by atoms with Crippen LogP contribution in [0.4, 0.5) is 0 Å². The maximum absolute atomic E-state index is 10.9. The van der Waals surface area contributed by atoms with Crippen molar-refractivity contribution in [3.8, 4) is 0 Å². The Labute approximate surface area is 84.5 Å². The van der Waals surface area contributed by atoms with Crippen LogP contribution in [0.25, 0.3) is 0 Å². The second kappa shape index (κ2) is 7.12. The van der Waals surface area contributed by atoms with Gasteiger partial charge in [-0.3, -0.25) is 4.79 Å². The van der Waals surface area contributed by atoms with Gasteiger partial charge < -0.3 is 9.64 Å². The zero-order valence-corrected chi connectivity index (χ0v) is 8.78. The number of unbranched alkanes of at least 4 members (excludes halogenated alkanes) is 1. The smallest absolute Gasteiger partial charge is 0.333 e. The molecule has 4 nitrogen and oxygen atoms in total. The maximum Gasteiger partial charge on any atom is 0.333 e. The Hall–Kier alpha value is -1.32.